The van der Waals surface area contributed by atoms with Crippen molar-refractivity contribution in [3.63, 3.8) is 0 Å². The molecule has 0 amide bonds. The van der Waals surface area contributed by atoms with Crippen LogP contribution < -0.4 is 9.47 Å². The lowest BCUT2D eigenvalue weighted by molar-refractivity contribution is 0.166. The zero-order valence-corrected chi connectivity index (χ0v) is 23.3. The summed E-state index contributed by atoms with van der Waals surface area (Å²) >= 11 is 1.20. The van der Waals surface area contributed by atoms with Gasteiger partial charge in [-0.15, -0.1) is 5.10 Å². The van der Waals surface area contributed by atoms with E-state index in [9.17, 15) is 0 Å². The molecule has 5 aromatic rings. The first-order chi connectivity index (χ1) is 19.7. The Hall–Kier alpha value is -4.03. The predicted molar refractivity (Wildman–Crippen MR) is 147 cm³/mol. The van der Waals surface area contributed by atoms with Gasteiger partial charge in [0.15, 0.2) is 16.6 Å². The SMILES string of the molecule is COc1nnc(COc2cccc(-c3cc(F)c(Cc4nc5ccccc5n4C4COCC4(C)C)c(F)c3F)n2)s1. The maximum atomic E-state index is 15.6. The summed E-state index contributed by atoms with van der Waals surface area (Å²) in [5.74, 6) is -2.81. The van der Waals surface area contributed by atoms with Gasteiger partial charge in [0, 0.05) is 29.0 Å². The van der Waals surface area contributed by atoms with Crippen molar-refractivity contribution in [2.75, 3.05) is 20.3 Å². The number of rotatable bonds is 8. The maximum Gasteiger partial charge on any atom is 0.293 e. The van der Waals surface area contributed by atoms with E-state index in [-0.39, 0.29) is 41.6 Å². The van der Waals surface area contributed by atoms with Crippen molar-refractivity contribution in [3.8, 4) is 22.3 Å². The van der Waals surface area contributed by atoms with Gasteiger partial charge in [-0.3, -0.25) is 0 Å². The fourth-order valence-electron chi connectivity index (χ4n) is 5.05. The van der Waals surface area contributed by atoms with Gasteiger partial charge >= 0.3 is 0 Å². The number of nitrogens with zero attached hydrogens (tertiary/aromatic N) is 5. The molecule has 0 N–H and O–H groups in total. The van der Waals surface area contributed by atoms with Crippen LogP contribution in [0.15, 0.2) is 48.5 Å². The van der Waals surface area contributed by atoms with Gasteiger partial charge in [-0.25, -0.2) is 23.1 Å². The van der Waals surface area contributed by atoms with Crippen molar-refractivity contribution in [2.45, 2.75) is 32.9 Å². The molecule has 1 aliphatic heterocycles. The largest absolute Gasteiger partial charge is 0.472 e. The predicted octanol–water partition coefficient (Wildman–Crippen LogP) is 6.14. The Morgan fingerprint density at radius 1 is 1.05 bits per heavy atom. The van der Waals surface area contributed by atoms with Crippen LogP contribution in [-0.2, 0) is 17.8 Å². The normalized spacial score (nSPS) is 16.4. The lowest BCUT2D eigenvalue weighted by atomic mass is 9.87. The van der Waals surface area contributed by atoms with Crippen LogP contribution in [0, 0.1) is 22.9 Å². The molecule has 8 nitrogen and oxygen atoms in total. The van der Waals surface area contributed by atoms with E-state index in [0.29, 0.717) is 34.8 Å². The third-order valence-corrected chi connectivity index (χ3v) is 8.04. The number of pyridine rings is 1. The summed E-state index contributed by atoms with van der Waals surface area (Å²) in [6, 6.07) is 12.9. The lowest BCUT2D eigenvalue weighted by Crippen LogP contribution is -2.27. The van der Waals surface area contributed by atoms with Crippen LogP contribution in [0.2, 0.25) is 0 Å². The van der Waals surface area contributed by atoms with Crippen molar-refractivity contribution in [2.24, 2.45) is 5.41 Å². The van der Waals surface area contributed by atoms with Gasteiger partial charge in [0.1, 0.15) is 18.2 Å². The average molecular weight is 582 g/mol. The molecule has 2 aromatic carbocycles. The van der Waals surface area contributed by atoms with Gasteiger partial charge in [-0.05, 0) is 24.3 Å². The molecule has 0 radical (unpaired) electrons. The average Bonchev–Trinajstić information content (AvgIpc) is 3.67. The van der Waals surface area contributed by atoms with Crippen LogP contribution in [0.1, 0.15) is 36.3 Å². The first-order valence-electron chi connectivity index (χ1n) is 12.9. The number of benzene rings is 2. The fourth-order valence-corrected chi connectivity index (χ4v) is 5.61. The van der Waals surface area contributed by atoms with Crippen LogP contribution in [-0.4, -0.2) is 45.1 Å². The monoisotopic (exact) mass is 581 g/mol. The van der Waals surface area contributed by atoms with Gasteiger partial charge in [0.2, 0.25) is 5.88 Å². The number of methoxy groups -OCH3 is 1. The highest BCUT2D eigenvalue weighted by molar-refractivity contribution is 7.13. The third-order valence-electron chi connectivity index (χ3n) is 7.19. The minimum Gasteiger partial charge on any atom is -0.472 e. The lowest BCUT2D eigenvalue weighted by Gasteiger charge is -2.28. The second kappa shape index (κ2) is 10.7. The molecule has 0 aliphatic carbocycles. The molecule has 1 aliphatic rings. The highest BCUT2D eigenvalue weighted by atomic mass is 32.1. The molecule has 0 bridgehead atoms. The smallest absolute Gasteiger partial charge is 0.293 e. The molecular weight excluding hydrogens is 555 g/mol. The summed E-state index contributed by atoms with van der Waals surface area (Å²) in [6.07, 6.45) is -0.238. The van der Waals surface area contributed by atoms with Gasteiger partial charge in [0.05, 0.1) is 43.1 Å². The number of ether oxygens (including phenoxy) is 3. The van der Waals surface area contributed by atoms with E-state index in [2.05, 4.69) is 34.0 Å². The van der Waals surface area contributed by atoms with E-state index >= 15 is 13.2 Å². The molecular formula is C29H26F3N5O3S. The number of aromatic nitrogens is 5. The minimum absolute atomic E-state index is 0.0243. The Morgan fingerprint density at radius 3 is 2.63 bits per heavy atom. The Balaban J connectivity index is 1.32. The molecule has 1 unspecified atom stereocenters. The van der Waals surface area contributed by atoms with Crippen LogP contribution >= 0.6 is 11.3 Å². The Bertz CT molecular complexity index is 1740. The van der Waals surface area contributed by atoms with Gasteiger partial charge in [0.25, 0.3) is 5.19 Å². The van der Waals surface area contributed by atoms with Gasteiger partial charge in [-0.1, -0.05) is 48.5 Å². The van der Waals surface area contributed by atoms with E-state index in [4.69, 9.17) is 14.2 Å². The number of halogens is 3. The van der Waals surface area contributed by atoms with Crippen LogP contribution in [0.4, 0.5) is 13.2 Å². The molecule has 1 saturated heterocycles. The van der Waals surface area contributed by atoms with Gasteiger partial charge in [-0.2, -0.15) is 0 Å². The Kier molecular flexibility index (Phi) is 7.12. The minimum atomic E-state index is -1.28. The second-order valence-corrected chi connectivity index (χ2v) is 11.4. The summed E-state index contributed by atoms with van der Waals surface area (Å²) in [6.45, 7) is 5.18. The first-order valence-corrected chi connectivity index (χ1v) is 13.7. The van der Waals surface area contributed by atoms with E-state index in [1.807, 2.05) is 28.8 Å². The summed E-state index contributed by atoms with van der Waals surface area (Å²) in [4.78, 5) is 8.93. The summed E-state index contributed by atoms with van der Waals surface area (Å²) < 4.78 is 64.9. The molecule has 12 heteroatoms. The van der Waals surface area contributed by atoms with Crippen LogP contribution in [0.25, 0.3) is 22.3 Å². The number of fused-ring (bicyclic) bond motifs is 1. The molecule has 41 heavy (non-hydrogen) atoms. The third kappa shape index (κ3) is 5.13. The highest BCUT2D eigenvalue weighted by Gasteiger charge is 2.39. The molecule has 0 saturated carbocycles. The van der Waals surface area contributed by atoms with E-state index in [0.717, 1.165) is 11.6 Å². The summed E-state index contributed by atoms with van der Waals surface area (Å²) in [7, 11) is 1.48. The topological polar surface area (TPSA) is 84.2 Å². The molecule has 6 rings (SSSR count). The highest BCUT2D eigenvalue weighted by Crippen LogP contribution is 2.40. The molecule has 3 aromatic heterocycles. The van der Waals surface area contributed by atoms with Crippen molar-refractivity contribution < 1.29 is 27.4 Å². The molecule has 0 spiro atoms. The molecule has 4 heterocycles. The van der Waals surface area contributed by atoms with Crippen molar-refractivity contribution in [3.05, 3.63) is 82.4 Å². The first kappa shape index (κ1) is 27.2. The maximum absolute atomic E-state index is 15.6. The summed E-state index contributed by atoms with van der Waals surface area (Å²) in [5, 5.41) is 8.69. The Morgan fingerprint density at radius 2 is 1.88 bits per heavy atom. The zero-order chi connectivity index (χ0) is 28.7. The van der Waals surface area contributed by atoms with Crippen molar-refractivity contribution in [1.29, 1.82) is 0 Å². The fraction of sp³-hybridized carbons (Fsp3) is 0.310. The van der Waals surface area contributed by atoms with Crippen molar-refractivity contribution in [1.82, 2.24) is 24.7 Å². The quantitative estimate of drug-likeness (QED) is 0.204. The number of hydrogen-bond acceptors (Lipinski definition) is 8. The Labute approximate surface area is 237 Å². The molecule has 1 fully saturated rings. The van der Waals surface area contributed by atoms with E-state index < -0.39 is 23.0 Å². The second-order valence-electron chi connectivity index (χ2n) is 10.4. The van der Waals surface area contributed by atoms with Crippen LogP contribution in [0.3, 0.4) is 0 Å². The summed E-state index contributed by atoms with van der Waals surface area (Å²) in [5.41, 5.74) is 0.595. The van der Waals surface area contributed by atoms with E-state index in [1.165, 1.54) is 24.5 Å². The number of imidazole rings is 1. The molecule has 212 valence electrons. The molecule has 1 atom stereocenters. The van der Waals surface area contributed by atoms with E-state index in [1.54, 1.807) is 12.1 Å². The van der Waals surface area contributed by atoms with Crippen molar-refractivity contribution >= 4 is 22.4 Å². The van der Waals surface area contributed by atoms with Crippen LogP contribution in [0.5, 0.6) is 11.1 Å². The van der Waals surface area contributed by atoms with Gasteiger partial charge < -0.3 is 18.8 Å². The number of hydrogen-bond donors (Lipinski definition) is 0. The zero-order valence-electron chi connectivity index (χ0n) is 22.5. The number of para-hydroxylation sites is 2. The standard InChI is InChI=1S/C29H26F3N5O3S/c1-29(2)15-39-13-22(29)37-21-9-5-4-7-20(21)33-23(37)12-16-18(30)11-17(27(32)26(16)31)19-8-6-10-24(34-19)40-14-25-35-36-28(38-3)41-25/h4-11,22H,12-15H2,1-3H3.